The van der Waals surface area contributed by atoms with Gasteiger partial charge >= 0.3 is 0 Å². The summed E-state index contributed by atoms with van der Waals surface area (Å²) in [6.45, 7) is 4.96. The van der Waals surface area contributed by atoms with E-state index in [0.717, 1.165) is 43.2 Å². The maximum atomic E-state index is 12.4. The summed E-state index contributed by atoms with van der Waals surface area (Å²) in [5, 5.41) is 0. The van der Waals surface area contributed by atoms with Crippen molar-refractivity contribution in [2.24, 2.45) is 5.92 Å². The lowest BCUT2D eigenvalue weighted by Gasteiger charge is -2.34. The minimum atomic E-state index is 0.150. The monoisotopic (exact) mass is 292 g/mol. The van der Waals surface area contributed by atoms with Crippen LogP contribution in [-0.2, 0) is 5.88 Å². The van der Waals surface area contributed by atoms with E-state index < -0.39 is 0 Å². The third-order valence-corrected chi connectivity index (χ3v) is 4.54. The van der Waals surface area contributed by atoms with Crippen LogP contribution in [0, 0.1) is 5.92 Å². The first-order valence-electron chi connectivity index (χ1n) is 7.43. The lowest BCUT2D eigenvalue weighted by atomic mass is 10.1. The predicted molar refractivity (Wildman–Crippen MR) is 81.1 cm³/mol. The number of alkyl halides is 1. The van der Waals surface area contributed by atoms with Crippen molar-refractivity contribution in [2.75, 3.05) is 32.7 Å². The highest BCUT2D eigenvalue weighted by Gasteiger charge is 2.27. The first-order chi connectivity index (χ1) is 9.76. The predicted octanol–water partition coefficient (Wildman–Crippen LogP) is 2.59. The Morgan fingerprint density at radius 2 is 1.75 bits per heavy atom. The molecule has 3 rings (SSSR count). The van der Waals surface area contributed by atoms with E-state index in [1.165, 1.54) is 19.4 Å². The number of rotatable bonds is 4. The van der Waals surface area contributed by atoms with Crippen LogP contribution in [0.2, 0.25) is 0 Å². The van der Waals surface area contributed by atoms with Gasteiger partial charge in [-0.25, -0.2) is 0 Å². The van der Waals surface area contributed by atoms with Gasteiger partial charge in [0.15, 0.2) is 0 Å². The molecule has 1 aliphatic heterocycles. The van der Waals surface area contributed by atoms with Crippen LogP contribution in [0.5, 0.6) is 0 Å². The summed E-state index contributed by atoms with van der Waals surface area (Å²) in [4.78, 5) is 16.9. The van der Waals surface area contributed by atoms with Gasteiger partial charge in [0.1, 0.15) is 0 Å². The van der Waals surface area contributed by atoms with Gasteiger partial charge in [-0.15, -0.1) is 11.6 Å². The average Bonchev–Trinajstić information content (AvgIpc) is 3.31. The van der Waals surface area contributed by atoms with Crippen molar-refractivity contribution >= 4 is 17.5 Å². The zero-order valence-electron chi connectivity index (χ0n) is 11.7. The number of halogens is 1. The fourth-order valence-corrected chi connectivity index (χ4v) is 2.90. The van der Waals surface area contributed by atoms with Gasteiger partial charge in [0, 0.05) is 44.2 Å². The molecular weight excluding hydrogens is 272 g/mol. The number of nitrogens with zero attached hydrogens (tertiary/aromatic N) is 2. The second kappa shape index (κ2) is 6.15. The number of hydrogen-bond acceptors (Lipinski definition) is 2. The van der Waals surface area contributed by atoms with Crippen molar-refractivity contribution in [1.82, 2.24) is 9.80 Å². The molecule has 0 radical (unpaired) electrons. The van der Waals surface area contributed by atoms with Crippen molar-refractivity contribution in [1.29, 1.82) is 0 Å². The first kappa shape index (κ1) is 13.9. The standard InChI is InChI=1S/C16H21ClN2O/c17-11-13-3-5-15(6-4-13)16(20)19-9-7-18(8-10-19)12-14-1-2-14/h3-6,14H,1-2,7-12H2. The molecule has 108 valence electrons. The number of amides is 1. The summed E-state index contributed by atoms with van der Waals surface area (Å²) in [5.41, 5.74) is 1.83. The molecule has 1 saturated heterocycles. The Morgan fingerprint density at radius 3 is 2.30 bits per heavy atom. The number of carbonyl (C=O) groups is 1. The van der Waals surface area contributed by atoms with Crippen LogP contribution in [0.1, 0.15) is 28.8 Å². The molecule has 0 spiro atoms. The van der Waals surface area contributed by atoms with Crippen LogP contribution < -0.4 is 0 Å². The van der Waals surface area contributed by atoms with Crippen molar-refractivity contribution in [3.05, 3.63) is 35.4 Å². The average molecular weight is 293 g/mol. The molecule has 0 unspecified atom stereocenters. The van der Waals surface area contributed by atoms with Crippen LogP contribution in [-0.4, -0.2) is 48.4 Å². The summed E-state index contributed by atoms with van der Waals surface area (Å²) in [6, 6.07) is 7.64. The van der Waals surface area contributed by atoms with E-state index in [1.807, 2.05) is 29.2 Å². The van der Waals surface area contributed by atoms with Crippen molar-refractivity contribution in [3.8, 4) is 0 Å². The van der Waals surface area contributed by atoms with Gasteiger partial charge in [-0.3, -0.25) is 9.69 Å². The van der Waals surface area contributed by atoms with Crippen molar-refractivity contribution in [3.63, 3.8) is 0 Å². The van der Waals surface area contributed by atoms with E-state index in [9.17, 15) is 4.79 Å². The van der Waals surface area contributed by atoms with Crippen LogP contribution in [0.15, 0.2) is 24.3 Å². The zero-order chi connectivity index (χ0) is 13.9. The van der Waals surface area contributed by atoms with Gasteiger partial charge in [-0.05, 0) is 36.5 Å². The van der Waals surface area contributed by atoms with Crippen molar-refractivity contribution in [2.45, 2.75) is 18.7 Å². The Bertz CT molecular complexity index is 462. The second-order valence-electron chi connectivity index (χ2n) is 5.87. The smallest absolute Gasteiger partial charge is 0.253 e. The molecule has 1 amide bonds. The van der Waals surface area contributed by atoms with E-state index in [4.69, 9.17) is 11.6 Å². The molecule has 2 aliphatic rings. The minimum Gasteiger partial charge on any atom is -0.336 e. The van der Waals surface area contributed by atoms with Gasteiger partial charge < -0.3 is 4.90 Å². The van der Waals surface area contributed by atoms with Gasteiger partial charge in [0.05, 0.1) is 0 Å². The second-order valence-corrected chi connectivity index (χ2v) is 6.13. The van der Waals surface area contributed by atoms with Crippen molar-refractivity contribution < 1.29 is 4.79 Å². The van der Waals surface area contributed by atoms with E-state index in [1.54, 1.807) is 0 Å². The maximum Gasteiger partial charge on any atom is 0.253 e. The minimum absolute atomic E-state index is 0.150. The zero-order valence-corrected chi connectivity index (χ0v) is 12.5. The molecule has 20 heavy (non-hydrogen) atoms. The fraction of sp³-hybridized carbons (Fsp3) is 0.562. The lowest BCUT2D eigenvalue weighted by Crippen LogP contribution is -2.49. The number of carbonyl (C=O) groups excluding carboxylic acids is 1. The number of piperazine rings is 1. The first-order valence-corrected chi connectivity index (χ1v) is 7.96. The molecule has 1 aromatic carbocycles. The van der Waals surface area contributed by atoms with E-state index in [0.29, 0.717) is 5.88 Å². The van der Waals surface area contributed by atoms with Crippen LogP contribution in [0.25, 0.3) is 0 Å². The molecular formula is C16H21ClN2O. The van der Waals surface area contributed by atoms with E-state index >= 15 is 0 Å². The van der Waals surface area contributed by atoms with E-state index in [-0.39, 0.29) is 5.91 Å². The third kappa shape index (κ3) is 3.33. The Balaban J connectivity index is 1.54. The van der Waals surface area contributed by atoms with Gasteiger partial charge in [0.25, 0.3) is 5.91 Å². The highest BCUT2D eigenvalue weighted by molar-refractivity contribution is 6.17. The summed E-state index contributed by atoms with van der Waals surface area (Å²) < 4.78 is 0. The highest BCUT2D eigenvalue weighted by atomic mass is 35.5. The van der Waals surface area contributed by atoms with Crippen LogP contribution in [0.3, 0.4) is 0 Å². The largest absolute Gasteiger partial charge is 0.336 e. The normalized spacial score (nSPS) is 20.1. The fourth-order valence-electron chi connectivity index (χ4n) is 2.72. The molecule has 1 saturated carbocycles. The highest BCUT2D eigenvalue weighted by Crippen LogP contribution is 2.30. The molecule has 1 aromatic rings. The van der Waals surface area contributed by atoms with Gasteiger partial charge in [-0.1, -0.05) is 12.1 Å². The Labute approximate surface area is 125 Å². The molecule has 0 atom stereocenters. The molecule has 3 nitrogen and oxygen atoms in total. The van der Waals surface area contributed by atoms with Gasteiger partial charge in [0.2, 0.25) is 0 Å². The molecule has 0 N–H and O–H groups in total. The number of hydrogen-bond donors (Lipinski definition) is 0. The molecule has 1 heterocycles. The summed E-state index contributed by atoms with van der Waals surface area (Å²) in [6.07, 6.45) is 2.79. The number of benzene rings is 1. The molecule has 4 heteroatoms. The summed E-state index contributed by atoms with van der Waals surface area (Å²) >= 11 is 5.77. The Kier molecular flexibility index (Phi) is 4.27. The Morgan fingerprint density at radius 1 is 1.10 bits per heavy atom. The quantitative estimate of drug-likeness (QED) is 0.797. The van der Waals surface area contributed by atoms with Crippen LogP contribution >= 0.6 is 11.6 Å². The Hall–Kier alpha value is -1.06. The molecule has 0 aromatic heterocycles. The van der Waals surface area contributed by atoms with Crippen LogP contribution in [0.4, 0.5) is 0 Å². The molecule has 2 fully saturated rings. The maximum absolute atomic E-state index is 12.4. The summed E-state index contributed by atoms with van der Waals surface area (Å²) in [7, 11) is 0. The molecule has 0 bridgehead atoms. The lowest BCUT2D eigenvalue weighted by molar-refractivity contribution is 0.0632. The molecule has 1 aliphatic carbocycles. The SMILES string of the molecule is O=C(c1ccc(CCl)cc1)N1CCN(CC2CC2)CC1. The topological polar surface area (TPSA) is 23.6 Å². The third-order valence-electron chi connectivity index (χ3n) is 4.23. The van der Waals surface area contributed by atoms with E-state index in [2.05, 4.69) is 4.90 Å². The summed E-state index contributed by atoms with van der Waals surface area (Å²) in [5.74, 6) is 1.58. The van der Waals surface area contributed by atoms with Gasteiger partial charge in [-0.2, -0.15) is 0 Å².